The molecule has 2 aromatic rings. The average Bonchev–Trinajstić information content (AvgIpc) is 3.17. The molecule has 0 aliphatic rings. The topological polar surface area (TPSA) is 102 Å². The number of thioether (sulfide) groups is 1. The standard InChI is InChI=1S/C18H18N2O5S2/c1-12-4-6-13(7-5-12)19-16(22)10-26-11-17(23)25-9-15(21)20-18(24)14-3-2-8-27-14/h2-8H,9-11H2,1H3,(H,19,22)(H,20,21,24). The van der Waals surface area contributed by atoms with Crippen molar-refractivity contribution in [1.82, 2.24) is 5.32 Å². The van der Waals surface area contributed by atoms with E-state index in [2.05, 4.69) is 10.6 Å². The van der Waals surface area contributed by atoms with E-state index in [0.29, 0.717) is 10.6 Å². The van der Waals surface area contributed by atoms with Gasteiger partial charge in [0, 0.05) is 5.69 Å². The highest BCUT2D eigenvalue weighted by atomic mass is 32.2. The number of esters is 1. The van der Waals surface area contributed by atoms with Gasteiger partial charge in [0.05, 0.1) is 16.4 Å². The molecule has 0 fully saturated rings. The number of aryl methyl sites for hydroxylation is 1. The van der Waals surface area contributed by atoms with E-state index in [1.807, 2.05) is 19.1 Å². The van der Waals surface area contributed by atoms with Crippen molar-refractivity contribution in [2.45, 2.75) is 6.92 Å². The summed E-state index contributed by atoms with van der Waals surface area (Å²) in [7, 11) is 0. The molecule has 27 heavy (non-hydrogen) atoms. The third-order valence-electron chi connectivity index (χ3n) is 3.15. The number of thiophene rings is 1. The van der Waals surface area contributed by atoms with Gasteiger partial charge in [-0.2, -0.15) is 0 Å². The average molecular weight is 406 g/mol. The summed E-state index contributed by atoms with van der Waals surface area (Å²) in [5.41, 5.74) is 1.77. The normalized spacial score (nSPS) is 10.1. The summed E-state index contributed by atoms with van der Waals surface area (Å²) >= 11 is 2.27. The molecule has 9 heteroatoms. The number of anilines is 1. The largest absolute Gasteiger partial charge is 0.455 e. The molecule has 0 aliphatic heterocycles. The Morgan fingerprint density at radius 1 is 1.04 bits per heavy atom. The van der Waals surface area contributed by atoms with Crippen LogP contribution in [0.15, 0.2) is 41.8 Å². The van der Waals surface area contributed by atoms with Gasteiger partial charge >= 0.3 is 5.97 Å². The molecule has 1 aromatic carbocycles. The second kappa shape index (κ2) is 10.5. The zero-order valence-corrected chi connectivity index (χ0v) is 16.2. The quantitative estimate of drug-likeness (QED) is 0.652. The van der Waals surface area contributed by atoms with E-state index in [4.69, 9.17) is 4.74 Å². The van der Waals surface area contributed by atoms with Crippen LogP contribution < -0.4 is 10.6 Å². The van der Waals surface area contributed by atoms with E-state index in [1.165, 1.54) is 11.3 Å². The molecule has 0 unspecified atom stereocenters. The Labute approximate surface area is 164 Å². The van der Waals surface area contributed by atoms with Gasteiger partial charge in [-0.1, -0.05) is 23.8 Å². The molecule has 0 atom stereocenters. The molecular weight excluding hydrogens is 388 g/mol. The smallest absolute Gasteiger partial charge is 0.316 e. The van der Waals surface area contributed by atoms with Crippen LogP contribution in [-0.2, 0) is 19.1 Å². The van der Waals surface area contributed by atoms with Crippen molar-refractivity contribution >= 4 is 52.5 Å². The van der Waals surface area contributed by atoms with Gasteiger partial charge in [0.1, 0.15) is 0 Å². The van der Waals surface area contributed by atoms with E-state index in [1.54, 1.807) is 29.6 Å². The summed E-state index contributed by atoms with van der Waals surface area (Å²) in [5.74, 6) is -2.12. The van der Waals surface area contributed by atoms with Gasteiger partial charge in [0.15, 0.2) is 6.61 Å². The number of imide groups is 1. The Morgan fingerprint density at radius 2 is 1.78 bits per heavy atom. The van der Waals surface area contributed by atoms with Crippen LogP contribution in [0, 0.1) is 6.92 Å². The maximum absolute atomic E-state index is 11.8. The van der Waals surface area contributed by atoms with Gasteiger partial charge in [-0.15, -0.1) is 23.1 Å². The predicted molar refractivity (Wildman–Crippen MR) is 105 cm³/mol. The SMILES string of the molecule is Cc1ccc(NC(=O)CSCC(=O)OCC(=O)NC(=O)c2cccs2)cc1. The first-order valence-electron chi connectivity index (χ1n) is 7.91. The lowest BCUT2D eigenvalue weighted by Crippen LogP contribution is -2.34. The molecule has 0 spiro atoms. The summed E-state index contributed by atoms with van der Waals surface area (Å²) in [6.07, 6.45) is 0. The van der Waals surface area contributed by atoms with Crippen molar-refractivity contribution in [2.24, 2.45) is 0 Å². The third-order valence-corrected chi connectivity index (χ3v) is 4.93. The van der Waals surface area contributed by atoms with Gasteiger partial charge in [-0.3, -0.25) is 24.5 Å². The fourth-order valence-corrected chi connectivity index (χ4v) is 3.11. The van der Waals surface area contributed by atoms with Crippen LogP contribution >= 0.6 is 23.1 Å². The van der Waals surface area contributed by atoms with Gasteiger partial charge in [-0.05, 0) is 30.5 Å². The summed E-state index contributed by atoms with van der Waals surface area (Å²) in [6.45, 7) is 1.40. The lowest BCUT2D eigenvalue weighted by molar-refractivity contribution is -0.145. The fourth-order valence-electron chi connectivity index (χ4n) is 1.88. The van der Waals surface area contributed by atoms with Crippen LogP contribution in [0.25, 0.3) is 0 Å². The highest BCUT2D eigenvalue weighted by Crippen LogP contribution is 2.10. The molecule has 0 saturated carbocycles. The van der Waals surface area contributed by atoms with Crippen LogP contribution in [0.4, 0.5) is 5.69 Å². The first-order valence-corrected chi connectivity index (χ1v) is 9.95. The number of nitrogens with one attached hydrogen (secondary N) is 2. The predicted octanol–water partition coefficient (Wildman–Crippen LogP) is 2.23. The molecule has 1 aromatic heterocycles. The zero-order valence-electron chi connectivity index (χ0n) is 14.5. The molecule has 0 bridgehead atoms. The number of carbonyl (C=O) groups excluding carboxylic acids is 4. The maximum atomic E-state index is 11.8. The summed E-state index contributed by atoms with van der Waals surface area (Å²) in [4.78, 5) is 47.0. The first kappa shape index (κ1) is 20.7. The number of hydrogen-bond acceptors (Lipinski definition) is 7. The lowest BCUT2D eigenvalue weighted by atomic mass is 10.2. The maximum Gasteiger partial charge on any atom is 0.316 e. The molecule has 0 aliphatic carbocycles. The summed E-state index contributed by atoms with van der Waals surface area (Å²) in [6, 6.07) is 10.6. The number of ether oxygens (including phenoxy) is 1. The zero-order chi connectivity index (χ0) is 19.6. The first-order chi connectivity index (χ1) is 12.9. The number of carbonyl (C=O) groups is 4. The molecule has 2 N–H and O–H groups in total. The number of amides is 3. The second-order valence-corrected chi connectivity index (χ2v) is 7.36. The van der Waals surface area contributed by atoms with Crippen LogP contribution in [0.1, 0.15) is 15.2 Å². The van der Waals surface area contributed by atoms with E-state index >= 15 is 0 Å². The number of benzene rings is 1. The van der Waals surface area contributed by atoms with Crippen LogP contribution in [0.2, 0.25) is 0 Å². The Bertz CT molecular complexity index is 804. The molecule has 2 rings (SSSR count). The van der Waals surface area contributed by atoms with Crippen molar-refractivity contribution in [3.05, 3.63) is 52.2 Å². The molecule has 0 radical (unpaired) electrons. The van der Waals surface area contributed by atoms with Crippen LogP contribution in [0.5, 0.6) is 0 Å². The van der Waals surface area contributed by atoms with Gasteiger partial charge < -0.3 is 10.1 Å². The minimum absolute atomic E-state index is 0.0754. The van der Waals surface area contributed by atoms with Gasteiger partial charge in [0.2, 0.25) is 5.91 Å². The summed E-state index contributed by atoms with van der Waals surface area (Å²) in [5, 5.41) is 6.56. The monoisotopic (exact) mass is 406 g/mol. The van der Waals surface area contributed by atoms with Crippen LogP contribution in [0.3, 0.4) is 0 Å². The molecule has 7 nitrogen and oxygen atoms in total. The van der Waals surface area contributed by atoms with Gasteiger partial charge in [0.25, 0.3) is 11.8 Å². The van der Waals surface area contributed by atoms with Crippen LogP contribution in [-0.4, -0.2) is 41.8 Å². The van der Waals surface area contributed by atoms with Crippen molar-refractivity contribution in [2.75, 3.05) is 23.4 Å². The van der Waals surface area contributed by atoms with Crippen molar-refractivity contribution in [3.63, 3.8) is 0 Å². The minimum Gasteiger partial charge on any atom is -0.455 e. The van der Waals surface area contributed by atoms with E-state index in [0.717, 1.165) is 17.3 Å². The van der Waals surface area contributed by atoms with Crippen molar-refractivity contribution in [1.29, 1.82) is 0 Å². The fraction of sp³-hybridized carbons (Fsp3) is 0.222. The summed E-state index contributed by atoms with van der Waals surface area (Å²) < 4.78 is 4.78. The Kier molecular flexibility index (Phi) is 8.02. The number of rotatable bonds is 8. The van der Waals surface area contributed by atoms with E-state index in [-0.39, 0.29) is 17.4 Å². The molecule has 1 heterocycles. The van der Waals surface area contributed by atoms with Gasteiger partial charge in [-0.25, -0.2) is 0 Å². The molecular formula is C18H18N2O5S2. The second-order valence-electron chi connectivity index (χ2n) is 5.42. The highest BCUT2D eigenvalue weighted by molar-refractivity contribution is 8.00. The number of hydrogen-bond donors (Lipinski definition) is 2. The molecule has 3 amide bonds. The minimum atomic E-state index is -0.705. The Balaban J connectivity index is 1.60. The lowest BCUT2D eigenvalue weighted by Gasteiger charge is -2.06. The Hall–Kier alpha value is -2.65. The van der Waals surface area contributed by atoms with Crippen molar-refractivity contribution in [3.8, 4) is 0 Å². The van der Waals surface area contributed by atoms with E-state index in [9.17, 15) is 19.2 Å². The Morgan fingerprint density at radius 3 is 2.44 bits per heavy atom. The molecule has 142 valence electrons. The third kappa shape index (κ3) is 7.63. The van der Waals surface area contributed by atoms with Crippen molar-refractivity contribution < 1.29 is 23.9 Å². The van der Waals surface area contributed by atoms with E-state index < -0.39 is 24.4 Å². The highest BCUT2D eigenvalue weighted by Gasteiger charge is 2.13. The molecule has 0 saturated heterocycles.